The number of nitrogen functional groups attached to an aromatic ring is 1. The summed E-state index contributed by atoms with van der Waals surface area (Å²) in [5.41, 5.74) is 8.93. The molecule has 0 radical (unpaired) electrons. The average molecular weight is 248 g/mol. The lowest BCUT2D eigenvalue weighted by Crippen LogP contribution is -2.34. The van der Waals surface area contributed by atoms with E-state index in [9.17, 15) is 0 Å². The minimum atomic E-state index is 0.364. The van der Waals surface area contributed by atoms with Gasteiger partial charge in [-0.2, -0.15) is 5.10 Å². The van der Waals surface area contributed by atoms with Crippen LogP contribution in [0.2, 0.25) is 0 Å². The number of fused-ring (bicyclic) bond motifs is 1. The standard InChI is InChI=1S/C13H20N4O/c1-9(2)17(4-5-18-3)13-7-12-10(6-11(13)14)8-15-16-12/h6-9H,4-5,14H2,1-3H3,(H,15,16). The van der Waals surface area contributed by atoms with Crippen molar-refractivity contribution >= 4 is 22.3 Å². The number of methoxy groups -OCH3 is 1. The van der Waals surface area contributed by atoms with Gasteiger partial charge < -0.3 is 15.4 Å². The highest BCUT2D eigenvalue weighted by Gasteiger charge is 2.14. The molecule has 0 spiro atoms. The molecule has 18 heavy (non-hydrogen) atoms. The van der Waals surface area contributed by atoms with Gasteiger partial charge in [-0.3, -0.25) is 5.10 Å². The maximum Gasteiger partial charge on any atom is 0.0672 e. The van der Waals surface area contributed by atoms with Crippen molar-refractivity contribution in [3.8, 4) is 0 Å². The van der Waals surface area contributed by atoms with E-state index in [4.69, 9.17) is 10.5 Å². The van der Waals surface area contributed by atoms with Crippen LogP contribution in [0.15, 0.2) is 18.3 Å². The van der Waals surface area contributed by atoms with Gasteiger partial charge in [-0.25, -0.2) is 0 Å². The van der Waals surface area contributed by atoms with Gasteiger partial charge in [0.15, 0.2) is 0 Å². The Morgan fingerprint density at radius 3 is 2.89 bits per heavy atom. The molecule has 3 N–H and O–H groups in total. The highest BCUT2D eigenvalue weighted by Crippen LogP contribution is 2.29. The predicted octanol–water partition coefficient (Wildman–Crippen LogP) is 2.01. The third-order valence-corrected chi connectivity index (χ3v) is 3.06. The Balaban J connectivity index is 2.38. The molecule has 0 saturated heterocycles. The normalized spacial score (nSPS) is 11.3. The first-order valence-electron chi connectivity index (χ1n) is 6.11. The van der Waals surface area contributed by atoms with Gasteiger partial charge in [-0.05, 0) is 26.0 Å². The van der Waals surface area contributed by atoms with Gasteiger partial charge in [0, 0.05) is 25.1 Å². The van der Waals surface area contributed by atoms with E-state index < -0.39 is 0 Å². The van der Waals surface area contributed by atoms with Crippen molar-refractivity contribution in [2.45, 2.75) is 19.9 Å². The van der Waals surface area contributed by atoms with Crippen molar-refractivity contribution < 1.29 is 4.74 Å². The minimum Gasteiger partial charge on any atom is -0.397 e. The summed E-state index contributed by atoms with van der Waals surface area (Å²) in [7, 11) is 1.71. The molecule has 2 aromatic rings. The summed E-state index contributed by atoms with van der Waals surface area (Å²) in [4.78, 5) is 2.24. The maximum atomic E-state index is 6.13. The summed E-state index contributed by atoms with van der Waals surface area (Å²) in [5.74, 6) is 0. The third kappa shape index (κ3) is 2.41. The van der Waals surface area contributed by atoms with E-state index in [1.165, 1.54) is 0 Å². The molecule has 0 aliphatic rings. The fourth-order valence-electron chi connectivity index (χ4n) is 2.09. The summed E-state index contributed by atoms with van der Waals surface area (Å²) in [5, 5.41) is 8.03. The number of rotatable bonds is 5. The molecule has 0 fully saturated rings. The Labute approximate surface area is 107 Å². The Hall–Kier alpha value is -1.75. The molecule has 0 saturated carbocycles. The lowest BCUT2D eigenvalue weighted by atomic mass is 10.1. The van der Waals surface area contributed by atoms with Gasteiger partial charge in [0.05, 0.1) is 29.7 Å². The molecule has 5 heteroatoms. The van der Waals surface area contributed by atoms with E-state index in [1.807, 2.05) is 12.1 Å². The highest BCUT2D eigenvalue weighted by molar-refractivity contribution is 5.89. The van der Waals surface area contributed by atoms with Crippen molar-refractivity contribution in [3.63, 3.8) is 0 Å². The van der Waals surface area contributed by atoms with E-state index in [0.29, 0.717) is 12.6 Å². The van der Waals surface area contributed by atoms with Crippen LogP contribution in [0.1, 0.15) is 13.8 Å². The first-order valence-corrected chi connectivity index (χ1v) is 6.11. The first kappa shape index (κ1) is 12.7. The molecule has 0 aliphatic heterocycles. The van der Waals surface area contributed by atoms with Crippen LogP contribution in [-0.2, 0) is 4.74 Å². The van der Waals surface area contributed by atoms with Gasteiger partial charge >= 0.3 is 0 Å². The number of hydrogen-bond donors (Lipinski definition) is 2. The minimum absolute atomic E-state index is 0.364. The van der Waals surface area contributed by atoms with Crippen molar-refractivity contribution in [1.82, 2.24) is 10.2 Å². The Kier molecular flexibility index (Phi) is 3.72. The topological polar surface area (TPSA) is 67.2 Å². The molecule has 0 amide bonds. The van der Waals surface area contributed by atoms with Crippen LogP contribution >= 0.6 is 0 Å². The Morgan fingerprint density at radius 2 is 2.22 bits per heavy atom. The molecule has 98 valence electrons. The summed E-state index contributed by atoms with van der Waals surface area (Å²) in [6, 6.07) is 4.37. The number of aromatic amines is 1. The maximum absolute atomic E-state index is 6.13. The highest BCUT2D eigenvalue weighted by atomic mass is 16.5. The van der Waals surface area contributed by atoms with E-state index in [0.717, 1.165) is 28.8 Å². The first-order chi connectivity index (χ1) is 8.63. The molecule has 0 unspecified atom stereocenters. The van der Waals surface area contributed by atoms with Gasteiger partial charge in [-0.15, -0.1) is 0 Å². The smallest absolute Gasteiger partial charge is 0.0672 e. The van der Waals surface area contributed by atoms with Crippen molar-refractivity contribution in [2.24, 2.45) is 0 Å². The molecule has 2 rings (SSSR count). The van der Waals surface area contributed by atoms with Gasteiger partial charge in [0.25, 0.3) is 0 Å². The van der Waals surface area contributed by atoms with Crippen LogP contribution < -0.4 is 10.6 Å². The lowest BCUT2D eigenvalue weighted by molar-refractivity contribution is 0.204. The van der Waals surface area contributed by atoms with E-state index in [1.54, 1.807) is 13.3 Å². The fraction of sp³-hybridized carbons (Fsp3) is 0.462. The average Bonchev–Trinajstić information content (AvgIpc) is 2.76. The van der Waals surface area contributed by atoms with Crippen molar-refractivity contribution in [3.05, 3.63) is 18.3 Å². The summed E-state index contributed by atoms with van der Waals surface area (Å²) < 4.78 is 5.15. The van der Waals surface area contributed by atoms with E-state index in [-0.39, 0.29) is 0 Å². The summed E-state index contributed by atoms with van der Waals surface area (Å²) >= 11 is 0. The number of benzene rings is 1. The van der Waals surface area contributed by atoms with Gasteiger partial charge in [0.1, 0.15) is 0 Å². The van der Waals surface area contributed by atoms with Crippen LogP contribution in [0, 0.1) is 0 Å². The largest absolute Gasteiger partial charge is 0.397 e. The zero-order valence-electron chi connectivity index (χ0n) is 11.1. The van der Waals surface area contributed by atoms with Crippen molar-refractivity contribution in [2.75, 3.05) is 30.9 Å². The van der Waals surface area contributed by atoms with Gasteiger partial charge in [-0.1, -0.05) is 0 Å². The molecule has 0 aliphatic carbocycles. The number of nitrogens with two attached hydrogens (primary N) is 1. The molecule has 1 aromatic heterocycles. The van der Waals surface area contributed by atoms with Gasteiger partial charge in [0.2, 0.25) is 0 Å². The van der Waals surface area contributed by atoms with E-state index >= 15 is 0 Å². The summed E-state index contributed by atoms with van der Waals surface area (Å²) in [6.45, 7) is 5.79. The molecule has 1 aromatic carbocycles. The fourth-order valence-corrected chi connectivity index (χ4v) is 2.09. The quantitative estimate of drug-likeness (QED) is 0.794. The Morgan fingerprint density at radius 1 is 1.44 bits per heavy atom. The number of nitrogens with zero attached hydrogens (tertiary/aromatic N) is 2. The molecule has 0 atom stereocenters. The Bertz CT molecular complexity index is 521. The molecule has 5 nitrogen and oxygen atoms in total. The number of nitrogens with one attached hydrogen (secondary N) is 1. The zero-order chi connectivity index (χ0) is 13.1. The van der Waals surface area contributed by atoms with E-state index in [2.05, 4.69) is 28.9 Å². The lowest BCUT2D eigenvalue weighted by Gasteiger charge is -2.29. The molecule has 0 bridgehead atoms. The molecular formula is C13H20N4O. The van der Waals surface area contributed by atoms with Crippen LogP contribution in [0.3, 0.4) is 0 Å². The van der Waals surface area contributed by atoms with Crippen LogP contribution in [0.25, 0.3) is 10.9 Å². The number of H-pyrrole nitrogens is 1. The molecular weight excluding hydrogens is 228 g/mol. The summed E-state index contributed by atoms with van der Waals surface area (Å²) in [6.07, 6.45) is 1.78. The molecule has 1 heterocycles. The SMILES string of the molecule is COCCN(c1cc2[nH]ncc2cc1N)C(C)C. The monoisotopic (exact) mass is 248 g/mol. The second-order valence-electron chi connectivity index (χ2n) is 4.65. The number of anilines is 2. The predicted molar refractivity (Wildman–Crippen MR) is 74.9 cm³/mol. The van der Waals surface area contributed by atoms with Crippen LogP contribution in [0.5, 0.6) is 0 Å². The van der Waals surface area contributed by atoms with Crippen molar-refractivity contribution in [1.29, 1.82) is 0 Å². The second kappa shape index (κ2) is 5.27. The van der Waals surface area contributed by atoms with Crippen LogP contribution in [0.4, 0.5) is 11.4 Å². The number of aromatic nitrogens is 2. The number of ether oxygens (including phenoxy) is 1. The number of hydrogen-bond acceptors (Lipinski definition) is 4. The third-order valence-electron chi connectivity index (χ3n) is 3.06. The van der Waals surface area contributed by atoms with Crippen LogP contribution in [-0.4, -0.2) is 36.5 Å². The second-order valence-corrected chi connectivity index (χ2v) is 4.65. The zero-order valence-corrected chi connectivity index (χ0v) is 11.1.